The molecule has 30 heavy (non-hydrogen) atoms. The van der Waals surface area contributed by atoms with E-state index in [0.29, 0.717) is 9.92 Å². The van der Waals surface area contributed by atoms with Gasteiger partial charge in [-0.1, -0.05) is 48.9 Å². The summed E-state index contributed by atoms with van der Waals surface area (Å²) in [7, 11) is -3.80. The monoisotopic (exact) mass is 435 g/mol. The Labute approximate surface area is 181 Å². The van der Waals surface area contributed by atoms with Crippen LogP contribution >= 0.6 is 11.3 Å². The molecule has 2 N–H and O–H groups in total. The van der Waals surface area contributed by atoms with Crippen LogP contribution in [0.4, 0.5) is 0 Å². The molecule has 0 bridgehead atoms. The second-order valence-corrected chi connectivity index (χ2v) is 12.4. The molecule has 4 nitrogen and oxygen atoms in total. The highest BCUT2D eigenvalue weighted by Crippen LogP contribution is 2.40. The van der Waals surface area contributed by atoms with E-state index in [4.69, 9.17) is 10.1 Å². The molecular formula is C24H25N3OS2. The first-order valence-electron chi connectivity index (χ1n) is 9.80. The SMILES string of the molecule is CCc1nc(-c2cccc(C)c2)c(-c2ccnc(S(C)(N)(=O)c3ccccc3)c2)s1. The third-order valence-electron chi connectivity index (χ3n) is 5.11. The van der Waals surface area contributed by atoms with Gasteiger partial charge in [0.25, 0.3) is 0 Å². The molecule has 154 valence electrons. The Morgan fingerprint density at radius 1 is 1.00 bits per heavy atom. The lowest BCUT2D eigenvalue weighted by atomic mass is 10.1. The summed E-state index contributed by atoms with van der Waals surface area (Å²) in [5, 5.41) is 7.97. The Bertz CT molecular complexity index is 1270. The number of hydrogen-bond donors (Lipinski definition) is 1. The summed E-state index contributed by atoms with van der Waals surface area (Å²) in [6.45, 7) is 4.18. The summed E-state index contributed by atoms with van der Waals surface area (Å²) in [6, 6.07) is 21.3. The number of aryl methyl sites for hydroxylation is 2. The largest absolute Gasteiger partial charge is 0.263 e. The van der Waals surface area contributed by atoms with Gasteiger partial charge in [-0.2, -0.15) is 0 Å². The van der Waals surface area contributed by atoms with Crippen LogP contribution in [0.15, 0.2) is 82.8 Å². The van der Waals surface area contributed by atoms with E-state index in [2.05, 4.69) is 37.0 Å². The Hall–Kier alpha value is -2.67. The Balaban J connectivity index is 1.88. The van der Waals surface area contributed by atoms with Crippen LogP contribution in [-0.2, 0) is 15.7 Å². The summed E-state index contributed by atoms with van der Waals surface area (Å²) in [6.07, 6.45) is 4.13. The number of thiazole rings is 1. The third kappa shape index (κ3) is 3.74. The molecular weight excluding hydrogens is 410 g/mol. The number of pyridine rings is 1. The van der Waals surface area contributed by atoms with Gasteiger partial charge in [0, 0.05) is 32.2 Å². The highest BCUT2D eigenvalue weighted by Gasteiger charge is 2.33. The van der Waals surface area contributed by atoms with Gasteiger partial charge in [0.15, 0.2) is 0 Å². The number of rotatable bonds is 5. The van der Waals surface area contributed by atoms with Gasteiger partial charge >= 0.3 is 0 Å². The minimum absolute atomic E-state index is 0.386. The van der Waals surface area contributed by atoms with Gasteiger partial charge in [0.05, 0.1) is 15.6 Å². The average molecular weight is 436 g/mol. The lowest BCUT2D eigenvalue weighted by Gasteiger charge is -2.33. The van der Waals surface area contributed by atoms with Gasteiger partial charge in [-0.15, -0.1) is 11.3 Å². The minimum atomic E-state index is -3.80. The second kappa shape index (κ2) is 7.54. The van der Waals surface area contributed by atoms with Gasteiger partial charge in [-0.3, -0.25) is 9.35 Å². The molecule has 0 amide bonds. The van der Waals surface area contributed by atoms with Gasteiger partial charge < -0.3 is 0 Å². The van der Waals surface area contributed by atoms with Crippen LogP contribution in [0.1, 0.15) is 17.5 Å². The summed E-state index contributed by atoms with van der Waals surface area (Å²) in [4.78, 5) is 10.9. The summed E-state index contributed by atoms with van der Waals surface area (Å²) < 4.78 is 13.9. The quantitative estimate of drug-likeness (QED) is 0.451. The van der Waals surface area contributed by atoms with Crippen molar-refractivity contribution in [3.8, 4) is 21.7 Å². The minimum Gasteiger partial charge on any atom is -0.263 e. The molecule has 0 unspecified atom stereocenters. The van der Waals surface area contributed by atoms with Crippen molar-refractivity contribution in [2.45, 2.75) is 30.2 Å². The van der Waals surface area contributed by atoms with E-state index in [1.165, 1.54) is 5.56 Å². The highest BCUT2D eigenvalue weighted by atomic mass is 32.3. The summed E-state index contributed by atoms with van der Waals surface area (Å²) >= 11 is 1.66. The van der Waals surface area contributed by atoms with Gasteiger partial charge in [0.2, 0.25) is 0 Å². The number of nitrogens with two attached hydrogens (primary N) is 1. The Morgan fingerprint density at radius 3 is 2.47 bits per heavy atom. The van der Waals surface area contributed by atoms with E-state index in [1.54, 1.807) is 35.9 Å². The molecule has 0 radical (unpaired) electrons. The molecule has 0 aliphatic carbocycles. The van der Waals surface area contributed by atoms with Crippen molar-refractivity contribution in [1.29, 1.82) is 0 Å². The van der Waals surface area contributed by atoms with E-state index in [0.717, 1.165) is 33.1 Å². The smallest absolute Gasteiger partial charge is 0.122 e. The fourth-order valence-electron chi connectivity index (χ4n) is 3.41. The van der Waals surface area contributed by atoms with Crippen LogP contribution in [0, 0.1) is 6.92 Å². The zero-order chi connectivity index (χ0) is 21.4. The van der Waals surface area contributed by atoms with E-state index in [-0.39, 0.29) is 0 Å². The van der Waals surface area contributed by atoms with E-state index >= 15 is 0 Å². The molecule has 0 saturated carbocycles. The summed E-state index contributed by atoms with van der Waals surface area (Å²) in [5.41, 5.74) is 4.12. The Morgan fingerprint density at radius 2 is 1.77 bits per heavy atom. The molecule has 0 atom stereocenters. The molecule has 4 rings (SSSR count). The number of nitrogens with zero attached hydrogens (tertiary/aromatic N) is 2. The lowest BCUT2D eigenvalue weighted by Crippen LogP contribution is -2.42. The maximum absolute atomic E-state index is 13.9. The second-order valence-electron chi connectivity index (χ2n) is 7.62. The number of hydrogen-bond acceptors (Lipinski definition) is 4. The van der Waals surface area contributed by atoms with Crippen molar-refractivity contribution in [1.82, 2.24) is 9.97 Å². The molecule has 2 heterocycles. The number of benzene rings is 2. The maximum Gasteiger partial charge on any atom is 0.122 e. The first kappa shape index (κ1) is 20.6. The molecule has 0 aliphatic heterocycles. The zero-order valence-corrected chi connectivity index (χ0v) is 19.0. The third-order valence-corrected chi connectivity index (χ3v) is 9.07. The first-order chi connectivity index (χ1) is 14.3. The van der Waals surface area contributed by atoms with Crippen molar-refractivity contribution >= 4 is 20.6 Å². The van der Waals surface area contributed by atoms with E-state index in [1.807, 2.05) is 36.4 Å². The van der Waals surface area contributed by atoms with Crippen LogP contribution in [-0.4, -0.2) is 20.4 Å². The summed E-state index contributed by atoms with van der Waals surface area (Å²) in [5.74, 6) is 0. The van der Waals surface area contributed by atoms with E-state index < -0.39 is 9.25 Å². The van der Waals surface area contributed by atoms with Crippen molar-refractivity contribution in [3.05, 3.63) is 83.5 Å². The van der Waals surface area contributed by atoms with Crippen molar-refractivity contribution < 1.29 is 4.21 Å². The average Bonchev–Trinajstić information content (AvgIpc) is 3.19. The molecule has 6 heteroatoms. The normalized spacial score (nSPS) is 13.0. The molecule has 2 aromatic heterocycles. The lowest BCUT2D eigenvalue weighted by molar-refractivity contribution is 0.656. The van der Waals surface area contributed by atoms with Gasteiger partial charge in [0.1, 0.15) is 5.03 Å². The molecule has 2 aromatic carbocycles. The van der Waals surface area contributed by atoms with Crippen molar-refractivity contribution in [2.24, 2.45) is 5.14 Å². The number of aromatic nitrogens is 2. The van der Waals surface area contributed by atoms with Crippen LogP contribution in [0.2, 0.25) is 0 Å². The maximum atomic E-state index is 13.9. The molecule has 4 aromatic rings. The first-order valence-corrected chi connectivity index (χ1v) is 13.1. The van der Waals surface area contributed by atoms with Gasteiger partial charge in [-0.25, -0.2) is 9.97 Å². The standard InChI is InChI=1S/C24H25N3OS2/c1-4-21-27-23(18-10-8-9-17(2)15-18)24(29-21)19-13-14-26-22(16-19)30(3,25,28)20-11-6-5-7-12-20/h5-16H,4H2,1-3H3,(H2,25,28). The topological polar surface area (TPSA) is 68.9 Å². The highest BCUT2D eigenvalue weighted by molar-refractivity contribution is 8.17. The van der Waals surface area contributed by atoms with Crippen molar-refractivity contribution in [2.75, 3.05) is 6.26 Å². The van der Waals surface area contributed by atoms with Crippen LogP contribution in [0.25, 0.3) is 21.7 Å². The van der Waals surface area contributed by atoms with E-state index in [9.17, 15) is 4.21 Å². The predicted molar refractivity (Wildman–Crippen MR) is 126 cm³/mol. The van der Waals surface area contributed by atoms with Crippen molar-refractivity contribution in [3.63, 3.8) is 0 Å². The van der Waals surface area contributed by atoms with Crippen LogP contribution in [0.3, 0.4) is 0 Å². The Kier molecular flexibility index (Phi) is 5.18. The predicted octanol–water partition coefficient (Wildman–Crippen LogP) is 5.48. The fraction of sp³-hybridized carbons (Fsp3) is 0.167. The van der Waals surface area contributed by atoms with Gasteiger partial charge in [-0.05, 0) is 49.2 Å². The van der Waals surface area contributed by atoms with Crippen LogP contribution < -0.4 is 5.14 Å². The molecule has 0 aliphatic rings. The molecule has 0 fully saturated rings. The zero-order valence-electron chi connectivity index (χ0n) is 17.3. The molecule has 0 saturated heterocycles. The fourth-order valence-corrected chi connectivity index (χ4v) is 6.25. The van der Waals surface area contributed by atoms with Crippen LogP contribution in [0.5, 0.6) is 0 Å². The molecule has 0 spiro atoms.